The van der Waals surface area contributed by atoms with Crippen molar-refractivity contribution in [3.05, 3.63) is 66.2 Å². The van der Waals surface area contributed by atoms with Gasteiger partial charge in [-0.05, 0) is 48.0 Å². The van der Waals surface area contributed by atoms with Crippen molar-refractivity contribution < 1.29 is 4.74 Å². The SMILES string of the molecule is COc1ccc(N2CCN(CCc3ccc4ccccc4c3)CC2)cc1N1CCN(C)CC1. The summed E-state index contributed by atoms with van der Waals surface area (Å²) in [5, 5.41) is 2.67. The first-order valence-electron chi connectivity index (χ1n) is 12.3. The van der Waals surface area contributed by atoms with Gasteiger partial charge in [0, 0.05) is 64.6 Å². The number of hydrogen-bond acceptors (Lipinski definition) is 5. The largest absolute Gasteiger partial charge is 0.495 e. The van der Waals surface area contributed by atoms with Crippen LogP contribution in [0, 0.1) is 0 Å². The quantitative estimate of drug-likeness (QED) is 0.572. The first-order valence-corrected chi connectivity index (χ1v) is 12.3. The van der Waals surface area contributed by atoms with Gasteiger partial charge >= 0.3 is 0 Å². The van der Waals surface area contributed by atoms with E-state index in [0.717, 1.165) is 71.1 Å². The van der Waals surface area contributed by atoms with E-state index in [4.69, 9.17) is 4.74 Å². The Morgan fingerprint density at radius 1 is 0.727 bits per heavy atom. The molecule has 5 rings (SSSR count). The highest BCUT2D eigenvalue weighted by molar-refractivity contribution is 5.83. The fourth-order valence-electron chi connectivity index (χ4n) is 5.08. The van der Waals surface area contributed by atoms with Crippen molar-refractivity contribution in [2.75, 3.05) is 82.9 Å². The molecule has 5 heteroatoms. The van der Waals surface area contributed by atoms with E-state index >= 15 is 0 Å². The minimum Gasteiger partial charge on any atom is -0.495 e. The van der Waals surface area contributed by atoms with Gasteiger partial charge < -0.3 is 19.4 Å². The molecule has 174 valence electrons. The van der Waals surface area contributed by atoms with Gasteiger partial charge in [0.1, 0.15) is 5.75 Å². The Morgan fingerprint density at radius 2 is 1.45 bits per heavy atom. The predicted molar refractivity (Wildman–Crippen MR) is 139 cm³/mol. The van der Waals surface area contributed by atoms with Crippen LogP contribution in [0.25, 0.3) is 10.8 Å². The second-order valence-corrected chi connectivity index (χ2v) is 9.41. The van der Waals surface area contributed by atoms with Crippen LogP contribution in [-0.2, 0) is 6.42 Å². The molecule has 0 unspecified atom stereocenters. The molecule has 0 spiro atoms. The summed E-state index contributed by atoms with van der Waals surface area (Å²) in [6.07, 6.45) is 1.11. The molecule has 0 amide bonds. The maximum absolute atomic E-state index is 5.70. The molecule has 0 atom stereocenters. The number of piperazine rings is 2. The number of ether oxygens (including phenoxy) is 1. The maximum Gasteiger partial charge on any atom is 0.142 e. The Kier molecular flexibility index (Phi) is 6.70. The highest BCUT2D eigenvalue weighted by Crippen LogP contribution is 2.33. The number of likely N-dealkylation sites (N-methyl/N-ethyl adjacent to an activating group) is 1. The zero-order valence-electron chi connectivity index (χ0n) is 20.0. The average molecular weight is 445 g/mol. The summed E-state index contributed by atoms with van der Waals surface area (Å²) >= 11 is 0. The predicted octanol–water partition coefficient (Wildman–Crippen LogP) is 3.96. The molecule has 0 bridgehead atoms. The number of fused-ring (bicyclic) bond motifs is 1. The Labute approximate surface area is 198 Å². The fourth-order valence-corrected chi connectivity index (χ4v) is 5.08. The van der Waals surface area contributed by atoms with Crippen molar-refractivity contribution in [3.63, 3.8) is 0 Å². The summed E-state index contributed by atoms with van der Waals surface area (Å²) in [7, 11) is 3.98. The van der Waals surface area contributed by atoms with Gasteiger partial charge in [0.15, 0.2) is 0 Å². The summed E-state index contributed by atoms with van der Waals surface area (Å²) in [5.41, 5.74) is 3.99. The standard InChI is InChI=1S/C28H36N4O/c1-29-13-17-32(18-14-29)27-22-26(9-10-28(27)33-2)31-19-15-30(16-20-31)12-11-23-7-8-24-5-3-4-6-25(24)21-23/h3-10,21-22H,11-20H2,1-2H3. The minimum absolute atomic E-state index is 0.984. The molecule has 5 nitrogen and oxygen atoms in total. The van der Waals surface area contributed by atoms with Crippen molar-refractivity contribution in [2.45, 2.75) is 6.42 Å². The average Bonchev–Trinajstić information content (AvgIpc) is 2.88. The summed E-state index contributed by atoms with van der Waals surface area (Å²) in [4.78, 5) is 10.0. The monoisotopic (exact) mass is 444 g/mol. The van der Waals surface area contributed by atoms with E-state index in [1.165, 1.54) is 27.7 Å². The Hall–Kier alpha value is -2.76. The van der Waals surface area contributed by atoms with Gasteiger partial charge in [0.2, 0.25) is 0 Å². The van der Waals surface area contributed by atoms with Crippen molar-refractivity contribution in [2.24, 2.45) is 0 Å². The summed E-state index contributed by atoms with van der Waals surface area (Å²) in [6, 6.07) is 22.2. The number of methoxy groups -OCH3 is 1. The van der Waals surface area contributed by atoms with Crippen LogP contribution >= 0.6 is 0 Å². The van der Waals surface area contributed by atoms with Gasteiger partial charge in [0.05, 0.1) is 12.8 Å². The minimum atomic E-state index is 0.984. The molecule has 0 saturated carbocycles. The molecule has 2 fully saturated rings. The van der Waals surface area contributed by atoms with Crippen molar-refractivity contribution in [3.8, 4) is 5.75 Å². The lowest BCUT2D eigenvalue weighted by Gasteiger charge is -2.38. The number of rotatable bonds is 6. The van der Waals surface area contributed by atoms with E-state index in [9.17, 15) is 0 Å². The van der Waals surface area contributed by atoms with E-state index in [0.29, 0.717) is 0 Å². The van der Waals surface area contributed by atoms with Crippen LogP contribution < -0.4 is 14.5 Å². The van der Waals surface area contributed by atoms with Crippen LogP contribution in [0.3, 0.4) is 0 Å². The van der Waals surface area contributed by atoms with Crippen LogP contribution in [-0.4, -0.2) is 82.9 Å². The van der Waals surface area contributed by atoms with E-state index in [-0.39, 0.29) is 0 Å². The summed E-state index contributed by atoms with van der Waals surface area (Å²) in [6.45, 7) is 9.82. The van der Waals surface area contributed by atoms with Crippen LogP contribution in [0.4, 0.5) is 11.4 Å². The first kappa shape index (κ1) is 22.1. The van der Waals surface area contributed by atoms with Crippen molar-refractivity contribution >= 4 is 22.1 Å². The molecule has 0 aromatic heterocycles. The highest BCUT2D eigenvalue weighted by Gasteiger charge is 2.21. The number of anilines is 2. The number of nitrogens with zero attached hydrogens (tertiary/aromatic N) is 4. The van der Waals surface area contributed by atoms with Crippen molar-refractivity contribution in [1.82, 2.24) is 9.80 Å². The normalized spacial score (nSPS) is 18.1. The molecule has 2 saturated heterocycles. The smallest absolute Gasteiger partial charge is 0.142 e. The second kappa shape index (κ2) is 10.0. The molecule has 2 heterocycles. The number of hydrogen-bond donors (Lipinski definition) is 0. The lowest BCUT2D eigenvalue weighted by molar-refractivity contribution is 0.261. The van der Waals surface area contributed by atoms with E-state index < -0.39 is 0 Å². The second-order valence-electron chi connectivity index (χ2n) is 9.41. The summed E-state index contributed by atoms with van der Waals surface area (Å²) in [5.74, 6) is 0.984. The molecule has 0 radical (unpaired) electrons. The molecule has 3 aromatic rings. The Morgan fingerprint density at radius 3 is 2.21 bits per heavy atom. The Balaban J connectivity index is 1.18. The van der Waals surface area contributed by atoms with Gasteiger partial charge in [-0.3, -0.25) is 4.90 Å². The molecular formula is C28H36N4O. The lowest BCUT2D eigenvalue weighted by atomic mass is 10.0. The zero-order valence-corrected chi connectivity index (χ0v) is 20.0. The topological polar surface area (TPSA) is 22.2 Å². The van der Waals surface area contributed by atoms with Crippen LogP contribution in [0.5, 0.6) is 5.75 Å². The Bertz CT molecular complexity index is 1070. The third-order valence-corrected chi connectivity index (χ3v) is 7.27. The number of benzene rings is 3. The zero-order chi connectivity index (χ0) is 22.6. The maximum atomic E-state index is 5.70. The van der Waals surface area contributed by atoms with Gasteiger partial charge in [-0.25, -0.2) is 0 Å². The van der Waals surface area contributed by atoms with E-state index in [1.54, 1.807) is 7.11 Å². The summed E-state index contributed by atoms with van der Waals surface area (Å²) < 4.78 is 5.70. The van der Waals surface area contributed by atoms with Gasteiger partial charge in [-0.2, -0.15) is 0 Å². The lowest BCUT2D eigenvalue weighted by Crippen LogP contribution is -2.47. The molecule has 0 aliphatic carbocycles. The third-order valence-electron chi connectivity index (χ3n) is 7.27. The fraction of sp³-hybridized carbons (Fsp3) is 0.429. The van der Waals surface area contributed by atoms with Crippen LogP contribution in [0.1, 0.15) is 5.56 Å². The van der Waals surface area contributed by atoms with E-state index in [2.05, 4.69) is 87.3 Å². The van der Waals surface area contributed by atoms with Crippen LogP contribution in [0.15, 0.2) is 60.7 Å². The molecule has 2 aliphatic rings. The van der Waals surface area contributed by atoms with Gasteiger partial charge in [0.25, 0.3) is 0 Å². The highest BCUT2D eigenvalue weighted by atomic mass is 16.5. The third kappa shape index (κ3) is 5.10. The van der Waals surface area contributed by atoms with Crippen molar-refractivity contribution in [1.29, 1.82) is 0 Å². The van der Waals surface area contributed by atoms with E-state index in [1.807, 2.05) is 0 Å². The molecule has 33 heavy (non-hydrogen) atoms. The molecular weight excluding hydrogens is 408 g/mol. The van der Waals surface area contributed by atoms with Gasteiger partial charge in [-0.1, -0.05) is 42.5 Å². The molecule has 2 aliphatic heterocycles. The van der Waals surface area contributed by atoms with Gasteiger partial charge in [-0.15, -0.1) is 0 Å². The van der Waals surface area contributed by atoms with Crippen LogP contribution in [0.2, 0.25) is 0 Å². The molecule has 0 N–H and O–H groups in total. The first-order chi connectivity index (χ1) is 16.2. The molecule has 3 aromatic carbocycles.